The Balaban J connectivity index is -0.0000000956. The minimum atomic E-state index is 0. The Kier molecular flexibility index (Phi) is 44.6. The first-order chi connectivity index (χ1) is 8.67. The van der Waals surface area contributed by atoms with Crippen LogP contribution in [0.15, 0.2) is 24.3 Å². The Morgan fingerprint density at radius 2 is 1.11 bits per heavy atom. The fourth-order valence-corrected chi connectivity index (χ4v) is 0.961. The van der Waals surface area contributed by atoms with Crippen molar-refractivity contribution in [3.8, 4) is 0 Å². The van der Waals surface area contributed by atoms with Crippen molar-refractivity contribution in [1.29, 1.82) is 0 Å². The zero-order chi connectivity index (χ0) is 14.6. The quantitative estimate of drug-likeness (QED) is 0.719. The predicted octanol–water partition coefficient (Wildman–Crippen LogP) is 4.60. The molecule has 0 spiro atoms. The Bertz CT molecular complexity index is 185. The van der Waals surface area contributed by atoms with Crippen molar-refractivity contribution < 1.29 is 26.2 Å². The standard InChI is InChI=1S/C9H13.3C2H6N.Zr/c1-2-3-6-9-7-4-5-8-9;3*1-3-2;/h4-5,7-8H,2-3,6H2,1H3;3*1-2H3;/q4*-1;+4. The molecule has 0 aliphatic heterocycles. The summed E-state index contributed by atoms with van der Waals surface area (Å²) in [5, 5.41) is 10.5. The molecule has 0 aliphatic carbocycles. The van der Waals surface area contributed by atoms with E-state index in [1.54, 1.807) is 42.3 Å². The minimum Gasteiger partial charge on any atom is -0.668 e. The molecule has 0 aromatic heterocycles. The van der Waals surface area contributed by atoms with Crippen LogP contribution in [-0.2, 0) is 32.6 Å². The van der Waals surface area contributed by atoms with Crippen LogP contribution in [-0.4, -0.2) is 42.3 Å². The van der Waals surface area contributed by atoms with E-state index in [1.807, 2.05) is 0 Å². The van der Waals surface area contributed by atoms with Gasteiger partial charge in [0.25, 0.3) is 0 Å². The molecule has 0 unspecified atom stereocenters. The number of unbranched alkanes of at least 4 members (excludes halogenated alkanes) is 1. The van der Waals surface area contributed by atoms with E-state index in [9.17, 15) is 0 Å². The molecule has 1 aromatic carbocycles. The molecule has 1 aromatic rings. The molecular formula is C15H31N3Zr. The molecule has 0 saturated carbocycles. The molecule has 0 radical (unpaired) electrons. The van der Waals surface area contributed by atoms with Crippen molar-refractivity contribution in [2.75, 3.05) is 42.3 Å². The zero-order valence-corrected chi connectivity index (χ0v) is 16.2. The van der Waals surface area contributed by atoms with E-state index in [-0.39, 0.29) is 26.2 Å². The predicted molar refractivity (Wildman–Crippen MR) is 86.3 cm³/mol. The minimum absolute atomic E-state index is 0. The van der Waals surface area contributed by atoms with E-state index in [1.165, 1.54) is 24.8 Å². The first-order valence-electron chi connectivity index (χ1n) is 6.32. The fraction of sp³-hybridized carbons (Fsp3) is 0.667. The van der Waals surface area contributed by atoms with Crippen LogP contribution in [0.25, 0.3) is 16.0 Å². The van der Waals surface area contributed by atoms with Crippen molar-refractivity contribution in [2.24, 2.45) is 0 Å². The molecule has 0 fully saturated rings. The van der Waals surface area contributed by atoms with Crippen molar-refractivity contribution in [2.45, 2.75) is 26.2 Å². The molecule has 0 N–H and O–H groups in total. The summed E-state index contributed by atoms with van der Waals surface area (Å²) in [5.74, 6) is 0. The normalized spacial score (nSPS) is 7.53. The second-order valence-corrected chi connectivity index (χ2v) is 3.74. The van der Waals surface area contributed by atoms with E-state index in [0.717, 1.165) is 0 Å². The third kappa shape index (κ3) is 38.1. The van der Waals surface area contributed by atoms with Gasteiger partial charge in [0.05, 0.1) is 0 Å². The molecular weight excluding hydrogens is 313 g/mol. The Morgan fingerprint density at radius 3 is 1.37 bits per heavy atom. The summed E-state index contributed by atoms with van der Waals surface area (Å²) in [6.45, 7) is 2.23. The summed E-state index contributed by atoms with van der Waals surface area (Å²) < 4.78 is 0. The van der Waals surface area contributed by atoms with Gasteiger partial charge in [0.1, 0.15) is 0 Å². The van der Waals surface area contributed by atoms with Gasteiger partial charge in [0.15, 0.2) is 0 Å². The Hall–Kier alpha value is 0.113. The molecule has 1 rings (SSSR count). The van der Waals surface area contributed by atoms with E-state index in [2.05, 4.69) is 47.1 Å². The molecule has 0 heterocycles. The Labute approximate surface area is 140 Å². The van der Waals surface area contributed by atoms with Gasteiger partial charge in [-0.05, 0) is 0 Å². The third-order valence-corrected chi connectivity index (χ3v) is 1.55. The fourth-order valence-electron chi connectivity index (χ4n) is 0.961. The average Bonchev–Trinajstić information content (AvgIpc) is 2.82. The second kappa shape index (κ2) is 30.8. The van der Waals surface area contributed by atoms with Crippen molar-refractivity contribution >= 4 is 0 Å². The van der Waals surface area contributed by atoms with Crippen LogP contribution in [0.1, 0.15) is 25.3 Å². The second-order valence-electron chi connectivity index (χ2n) is 3.74. The number of hydrogen-bond acceptors (Lipinski definition) is 0. The summed E-state index contributed by atoms with van der Waals surface area (Å²) in [7, 11) is 10.5. The first kappa shape index (κ1) is 27.5. The molecule has 0 saturated heterocycles. The van der Waals surface area contributed by atoms with Gasteiger partial charge in [-0.15, -0.1) is 0 Å². The molecule has 4 heteroatoms. The van der Waals surface area contributed by atoms with Gasteiger partial charge in [-0.1, -0.05) is 26.2 Å². The molecule has 3 nitrogen and oxygen atoms in total. The summed E-state index contributed by atoms with van der Waals surface area (Å²) in [5.41, 5.74) is 1.48. The van der Waals surface area contributed by atoms with Gasteiger partial charge >= 0.3 is 26.2 Å². The molecule has 0 atom stereocenters. The smallest absolute Gasteiger partial charge is 0.668 e. The maximum atomic E-state index is 3.50. The number of rotatable bonds is 3. The van der Waals surface area contributed by atoms with Crippen LogP contribution in [0.3, 0.4) is 0 Å². The molecule has 19 heavy (non-hydrogen) atoms. The number of nitrogens with zero attached hydrogens (tertiary/aromatic N) is 3. The van der Waals surface area contributed by atoms with Gasteiger partial charge in [-0.2, -0.15) is 60.0 Å². The number of aryl methyl sites for hydroxylation is 1. The number of hydrogen-bond donors (Lipinski definition) is 0. The first-order valence-corrected chi connectivity index (χ1v) is 6.32. The van der Waals surface area contributed by atoms with E-state index in [4.69, 9.17) is 0 Å². The summed E-state index contributed by atoms with van der Waals surface area (Å²) >= 11 is 0. The van der Waals surface area contributed by atoms with Gasteiger partial charge in [-0.3, -0.25) is 0 Å². The van der Waals surface area contributed by atoms with Crippen molar-refractivity contribution in [3.05, 3.63) is 45.8 Å². The van der Waals surface area contributed by atoms with Crippen molar-refractivity contribution in [1.82, 2.24) is 0 Å². The maximum absolute atomic E-state index is 3.50. The van der Waals surface area contributed by atoms with Crippen LogP contribution in [0.2, 0.25) is 0 Å². The summed E-state index contributed by atoms with van der Waals surface area (Å²) in [4.78, 5) is 0. The maximum Gasteiger partial charge on any atom is 4.00 e. The van der Waals surface area contributed by atoms with Crippen LogP contribution in [0, 0.1) is 0 Å². The van der Waals surface area contributed by atoms with Crippen LogP contribution >= 0.6 is 0 Å². The van der Waals surface area contributed by atoms with Gasteiger partial charge in [-0.25, -0.2) is 12.1 Å². The van der Waals surface area contributed by atoms with Crippen LogP contribution in [0.5, 0.6) is 0 Å². The summed E-state index contributed by atoms with van der Waals surface area (Å²) in [6.07, 6.45) is 3.87. The molecule has 110 valence electrons. The largest absolute Gasteiger partial charge is 4.00 e. The molecule has 0 amide bonds. The van der Waals surface area contributed by atoms with Crippen molar-refractivity contribution in [3.63, 3.8) is 0 Å². The monoisotopic (exact) mass is 343 g/mol. The van der Waals surface area contributed by atoms with Gasteiger partial charge in [0, 0.05) is 0 Å². The van der Waals surface area contributed by atoms with Crippen LogP contribution in [0.4, 0.5) is 0 Å². The Morgan fingerprint density at radius 1 is 0.789 bits per heavy atom. The third-order valence-electron chi connectivity index (χ3n) is 1.55. The van der Waals surface area contributed by atoms with Gasteiger partial charge < -0.3 is 16.0 Å². The summed E-state index contributed by atoms with van der Waals surface area (Å²) in [6, 6.07) is 8.58. The zero-order valence-electron chi connectivity index (χ0n) is 13.8. The molecule has 0 aliphatic rings. The van der Waals surface area contributed by atoms with E-state index >= 15 is 0 Å². The van der Waals surface area contributed by atoms with Crippen LogP contribution < -0.4 is 0 Å². The molecule has 0 bridgehead atoms. The van der Waals surface area contributed by atoms with Gasteiger partial charge in [0.2, 0.25) is 0 Å². The average molecular weight is 345 g/mol. The SMILES string of the molecule is CCCC[c-]1cccc1.C[N-]C.C[N-]C.C[N-]C.[Zr+4]. The topological polar surface area (TPSA) is 42.3 Å². The van der Waals surface area contributed by atoms with E-state index < -0.39 is 0 Å². The van der Waals surface area contributed by atoms with E-state index in [0.29, 0.717) is 0 Å².